The van der Waals surface area contributed by atoms with Gasteiger partial charge in [-0.3, -0.25) is 4.79 Å². The van der Waals surface area contributed by atoms with Gasteiger partial charge in [-0.25, -0.2) is 0 Å². The van der Waals surface area contributed by atoms with E-state index >= 15 is 0 Å². The van der Waals surface area contributed by atoms with E-state index in [-0.39, 0.29) is 5.25 Å². The highest BCUT2D eigenvalue weighted by Crippen LogP contribution is 2.16. The first-order valence-electron chi connectivity index (χ1n) is 3.80. The third kappa shape index (κ3) is 4.90. The third-order valence-electron chi connectivity index (χ3n) is 1.28. The molecule has 0 aromatic carbocycles. The number of hydrogen-bond acceptors (Lipinski definition) is 5. The van der Waals surface area contributed by atoms with Gasteiger partial charge >= 0.3 is 5.97 Å². The number of esters is 1. The van der Waals surface area contributed by atoms with Crippen molar-refractivity contribution in [2.24, 2.45) is 0 Å². The molecule has 3 nitrogen and oxygen atoms in total. The van der Waals surface area contributed by atoms with Crippen LogP contribution in [-0.2, 0) is 9.53 Å². The minimum Gasteiger partial charge on any atom is -0.435 e. The quantitative estimate of drug-likeness (QED) is 0.313. The van der Waals surface area contributed by atoms with Crippen LogP contribution in [0.1, 0.15) is 26.7 Å². The minimum absolute atomic E-state index is 0.333. The van der Waals surface area contributed by atoms with E-state index in [1.807, 2.05) is 6.92 Å². The van der Waals surface area contributed by atoms with Gasteiger partial charge < -0.3 is 9.84 Å². The van der Waals surface area contributed by atoms with Gasteiger partial charge in [-0.2, -0.15) is 0 Å². The lowest BCUT2D eigenvalue weighted by atomic mass is 10.3. The van der Waals surface area contributed by atoms with E-state index in [0.29, 0.717) is 6.42 Å². The minimum atomic E-state index is -0.967. The average Bonchev–Trinajstić information content (AvgIpc) is 2.03. The SMILES string of the molecule is CCCC(O)OC(=O)C(C)SS. The normalized spacial score (nSPS) is 15.3. The first-order valence-corrected chi connectivity index (χ1v) is 5.73. The lowest BCUT2D eigenvalue weighted by Gasteiger charge is -2.13. The second-order valence-electron chi connectivity index (χ2n) is 2.43. The van der Waals surface area contributed by atoms with Crippen LogP contribution in [0, 0.1) is 0 Å². The summed E-state index contributed by atoms with van der Waals surface area (Å²) < 4.78 is 4.69. The Kier molecular flexibility index (Phi) is 6.70. The summed E-state index contributed by atoms with van der Waals surface area (Å²) in [6, 6.07) is 0. The van der Waals surface area contributed by atoms with E-state index in [0.717, 1.165) is 17.2 Å². The topological polar surface area (TPSA) is 46.5 Å². The van der Waals surface area contributed by atoms with Crippen LogP contribution in [0.25, 0.3) is 0 Å². The van der Waals surface area contributed by atoms with Gasteiger partial charge in [0, 0.05) is 6.42 Å². The van der Waals surface area contributed by atoms with Gasteiger partial charge in [0.05, 0.1) is 0 Å². The second kappa shape index (κ2) is 6.62. The standard InChI is InChI=1S/C7H14O3S2/c1-3-4-6(8)10-7(9)5(2)12-11/h5-6,8,11H,3-4H2,1-2H3. The van der Waals surface area contributed by atoms with E-state index < -0.39 is 12.3 Å². The molecule has 2 unspecified atom stereocenters. The summed E-state index contributed by atoms with van der Waals surface area (Å²) in [4.78, 5) is 11.0. The van der Waals surface area contributed by atoms with E-state index in [4.69, 9.17) is 9.84 Å². The Morgan fingerprint density at radius 2 is 2.33 bits per heavy atom. The smallest absolute Gasteiger partial charge is 0.321 e. The summed E-state index contributed by atoms with van der Waals surface area (Å²) in [5.41, 5.74) is 0. The molecule has 0 amide bonds. The Hall–Kier alpha value is 0.130. The van der Waals surface area contributed by atoms with Crippen molar-refractivity contribution in [1.82, 2.24) is 0 Å². The van der Waals surface area contributed by atoms with Crippen molar-refractivity contribution in [3.63, 3.8) is 0 Å². The molecule has 72 valence electrons. The maximum Gasteiger partial charge on any atom is 0.321 e. The van der Waals surface area contributed by atoms with Crippen LogP contribution in [0.5, 0.6) is 0 Å². The molecule has 0 aliphatic heterocycles. The molecule has 0 heterocycles. The largest absolute Gasteiger partial charge is 0.435 e. The third-order valence-corrected chi connectivity index (χ3v) is 2.74. The van der Waals surface area contributed by atoms with Crippen LogP contribution in [-0.4, -0.2) is 22.6 Å². The van der Waals surface area contributed by atoms with Crippen molar-refractivity contribution in [1.29, 1.82) is 0 Å². The van der Waals surface area contributed by atoms with E-state index in [1.165, 1.54) is 0 Å². The van der Waals surface area contributed by atoms with Crippen molar-refractivity contribution in [2.45, 2.75) is 38.2 Å². The molecule has 0 rings (SSSR count). The second-order valence-corrected chi connectivity index (χ2v) is 3.98. The molecule has 0 bridgehead atoms. The lowest BCUT2D eigenvalue weighted by molar-refractivity contribution is -0.167. The van der Waals surface area contributed by atoms with Crippen molar-refractivity contribution in [3.05, 3.63) is 0 Å². The van der Waals surface area contributed by atoms with Crippen LogP contribution in [0.15, 0.2) is 0 Å². The number of thiol groups is 1. The first-order chi connectivity index (χ1) is 5.61. The van der Waals surface area contributed by atoms with Crippen LogP contribution in [0.3, 0.4) is 0 Å². The van der Waals surface area contributed by atoms with Crippen molar-refractivity contribution in [3.8, 4) is 0 Å². The lowest BCUT2D eigenvalue weighted by Crippen LogP contribution is -2.23. The molecular formula is C7H14O3S2. The fourth-order valence-electron chi connectivity index (χ4n) is 0.579. The molecule has 12 heavy (non-hydrogen) atoms. The molecule has 0 saturated carbocycles. The van der Waals surface area contributed by atoms with Gasteiger partial charge in [-0.15, -0.1) is 11.7 Å². The molecule has 0 aliphatic carbocycles. The maximum absolute atomic E-state index is 11.0. The van der Waals surface area contributed by atoms with Crippen LogP contribution < -0.4 is 0 Å². The summed E-state index contributed by atoms with van der Waals surface area (Å²) >= 11 is 3.86. The molecule has 0 aromatic rings. The zero-order chi connectivity index (χ0) is 9.56. The Labute approximate surface area is 81.7 Å². The van der Waals surface area contributed by atoms with E-state index in [2.05, 4.69) is 11.7 Å². The van der Waals surface area contributed by atoms with Gasteiger partial charge in [0.25, 0.3) is 0 Å². The molecule has 2 atom stereocenters. The predicted molar refractivity (Wildman–Crippen MR) is 53.0 cm³/mol. The van der Waals surface area contributed by atoms with Crippen LogP contribution >= 0.6 is 22.5 Å². The monoisotopic (exact) mass is 210 g/mol. The van der Waals surface area contributed by atoms with Crippen molar-refractivity contribution < 1.29 is 14.6 Å². The number of rotatable bonds is 5. The number of carbonyl (C=O) groups excluding carboxylic acids is 1. The summed E-state index contributed by atoms with van der Waals surface area (Å²) in [7, 11) is 1.10. The number of aliphatic hydroxyl groups excluding tert-OH is 1. The number of aliphatic hydroxyl groups is 1. The molecule has 0 saturated heterocycles. The molecule has 1 N–H and O–H groups in total. The highest BCUT2D eigenvalue weighted by molar-refractivity contribution is 8.69. The molecule has 0 aliphatic rings. The van der Waals surface area contributed by atoms with E-state index in [1.54, 1.807) is 6.92 Å². The summed E-state index contributed by atoms with van der Waals surface area (Å²) in [5.74, 6) is -0.420. The summed E-state index contributed by atoms with van der Waals surface area (Å²) in [6.45, 7) is 3.59. The predicted octanol–water partition coefficient (Wildman–Crippen LogP) is 1.61. The highest BCUT2D eigenvalue weighted by Gasteiger charge is 2.16. The Morgan fingerprint density at radius 3 is 2.75 bits per heavy atom. The van der Waals surface area contributed by atoms with Crippen LogP contribution in [0.2, 0.25) is 0 Å². The molecule has 0 radical (unpaired) electrons. The number of carbonyl (C=O) groups is 1. The molecule has 0 aromatic heterocycles. The zero-order valence-corrected chi connectivity index (χ0v) is 8.90. The van der Waals surface area contributed by atoms with E-state index in [9.17, 15) is 4.79 Å². The molecule has 0 spiro atoms. The fourth-order valence-corrected chi connectivity index (χ4v) is 0.979. The molecule has 0 fully saturated rings. The van der Waals surface area contributed by atoms with Crippen molar-refractivity contribution >= 4 is 28.4 Å². The van der Waals surface area contributed by atoms with Gasteiger partial charge in [0.2, 0.25) is 6.29 Å². The first kappa shape index (κ1) is 12.1. The Bertz CT molecular complexity index is 141. The van der Waals surface area contributed by atoms with Gasteiger partial charge in [0.15, 0.2) is 0 Å². The Balaban J connectivity index is 3.67. The Morgan fingerprint density at radius 1 is 1.75 bits per heavy atom. The fraction of sp³-hybridized carbons (Fsp3) is 0.857. The molecule has 5 heteroatoms. The van der Waals surface area contributed by atoms with Gasteiger partial charge in [-0.1, -0.05) is 24.1 Å². The van der Waals surface area contributed by atoms with Gasteiger partial charge in [0.1, 0.15) is 5.25 Å². The summed E-state index contributed by atoms with van der Waals surface area (Å²) in [5, 5.41) is 8.75. The zero-order valence-electron chi connectivity index (χ0n) is 7.19. The number of ether oxygens (including phenoxy) is 1. The maximum atomic E-state index is 11.0. The summed E-state index contributed by atoms with van der Waals surface area (Å²) in [6.07, 6.45) is 0.303. The number of hydrogen-bond donors (Lipinski definition) is 2. The van der Waals surface area contributed by atoms with Crippen molar-refractivity contribution in [2.75, 3.05) is 0 Å². The van der Waals surface area contributed by atoms with Gasteiger partial charge in [-0.05, 0) is 6.92 Å². The molecular weight excluding hydrogens is 196 g/mol. The van der Waals surface area contributed by atoms with Crippen LogP contribution in [0.4, 0.5) is 0 Å². The average molecular weight is 210 g/mol. The highest BCUT2D eigenvalue weighted by atomic mass is 33.1.